The summed E-state index contributed by atoms with van der Waals surface area (Å²) in [6.45, 7) is 3.59. The van der Waals surface area contributed by atoms with E-state index in [1.54, 1.807) is 6.20 Å². The average Bonchev–Trinajstić information content (AvgIpc) is 3.23. The predicted molar refractivity (Wildman–Crippen MR) is 95.0 cm³/mol. The van der Waals surface area contributed by atoms with Gasteiger partial charge in [-0.3, -0.25) is 9.69 Å². The van der Waals surface area contributed by atoms with Crippen molar-refractivity contribution in [3.05, 3.63) is 53.9 Å². The first-order chi connectivity index (χ1) is 12.2. The molecule has 128 valence electrons. The van der Waals surface area contributed by atoms with Crippen molar-refractivity contribution in [2.45, 2.75) is 32.4 Å². The maximum atomic E-state index is 12.8. The van der Waals surface area contributed by atoms with Crippen LogP contribution in [-0.2, 0) is 11.3 Å². The SMILES string of the molecule is Cc1noc2ncc(NC(=O)C3CCCN3Cc3ccccc3)cc12. The molecule has 0 saturated carbocycles. The minimum atomic E-state index is -0.112. The van der Waals surface area contributed by atoms with Crippen molar-refractivity contribution in [2.75, 3.05) is 11.9 Å². The van der Waals surface area contributed by atoms with E-state index in [0.717, 1.165) is 37.0 Å². The minimum absolute atomic E-state index is 0.0173. The molecule has 0 aliphatic carbocycles. The van der Waals surface area contributed by atoms with Gasteiger partial charge in [0.1, 0.15) is 0 Å². The van der Waals surface area contributed by atoms with Gasteiger partial charge in [-0.25, -0.2) is 4.98 Å². The van der Waals surface area contributed by atoms with Crippen molar-refractivity contribution in [3.63, 3.8) is 0 Å². The Labute approximate surface area is 145 Å². The monoisotopic (exact) mass is 336 g/mol. The van der Waals surface area contributed by atoms with Gasteiger partial charge in [0, 0.05) is 6.54 Å². The molecule has 2 aromatic heterocycles. The summed E-state index contributed by atoms with van der Waals surface area (Å²) in [5.74, 6) is 0.0173. The first kappa shape index (κ1) is 15.8. The van der Waals surface area contributed by atoms with E-state index in [0.29, 0.717) is 11.4 Å². The number of amides is 1. The second-order valence-electron chi connectivity index (χ2n) is 6.45. The van der Waals surface area contributed by atoms with Crippen LogP contribution in [0.4, 0.5) is 5.69 Å². The third-order valence-electron chi connectivity index (χ3n) is 4.67. The third kappa shape index (κ3) is 3.25. The number of nitrogens with zero attached hydrogens (tertiary/aromatic N) is 3. The minimum Gasteiger partial charge on any atom is -0.336 e. The maximum absolute atomic E-state index is 12.8. The summed E-state index contributed by atoms with van der Waals surface area (Å²) in [5, 5.41) is 7.71. The number of rotatable bonds is 4. The van der Waals surface area contributed by atoms with E-state index in [9.17, 15) is 4.79 Å². The van der Waals surface area contributed by atoms with E-state index in [1.165, 1.54) is 5.56 Å². The molecule has 0 radical (unpaired) electrons. The van der Waals surface area contributed by atoms with Crippen molar-refractivity contribution < 1.29 is 9.32 Å². The van der Waals surface area contributed by atoms with Gasteiger partial charge in [-0.15, -0.1) is 0 Å². The molecule has 4 rings (SSSR count). The molecule has 0 bridgehead atoms. The molecule has 1 amide bonds. The largest absolute Gasteiger partial charge is 0.336 e. The highest BCUT2D eigenvalue weighted by molar-refractivity contribution is 5.96. The van der Waals surface area contributed by atoms with Crippen molar-refractivity contribution in [1.82, 2.24) is 15.0 Å². The Hall–Kier alpha value is -2.73. The average molecular weight is 336 g/mol. The lowest BCUT2D eigenvalue weighted by Crippen LogP contribution is -2.39. The zero-order valence-electron chi connectivity index (χ0n) is 14.1. The molecule has 1 aliphatic rings. The molecular formula is C19H20N4O2. The zero-order valence-corrected chi connectivity index (χ0v) is 14.1. The first-order valence-electron chi connectivity index (χ1n) is 8.51. The number of hydrogen-bond acceptors (Lipinski definition) is 5. The van der Waals surface area contributed by atoms with Gasteiger partial charge in [0.15, 0.2) is 0 Å². The normalized spacial score (nSPS) is 17.9. The van der Waals surface area contributed by atoms with E-state index in [4.69, 9.17) is 4.52 Å². The van der Waals surface area contributed by atoms with Gasteiger partial charge in [0.25, 0.3) is 5.71 Å². The summed E-state index contributed by atoms with van der Waals surface area (Å²) in [6.07, 6.45) is 3.52. The molecule has 1 aliphatic heterocycles. The summed E-state index contributed by atoms with van der Waals surface area (Å²) in [4.78, 5) is 19.2. The topological polar surface area (TPSA) is 71.3 Å². The highest BCUT2D eigenvalue weighted by Crippen LogP contribution is 2.23. The number of carbonyl (C=O) groups excluding carboxylic acids is 1. The highest BCUT2D eigenvalue weighted by Gasteiger charge is 2.30. The molecule has 1 atom stereocenters. The standard InChI is InChI=1S/C19H20N4O2/c1-13-16-10-15(11-20-19(16)25-22-13)21-18(24)17-8-5-9-23(17)12-14-6-3-2-4-7-14/h2-4,6-7,10-11,17H,5,8-9,12H2,1H3,(H,21,24). The van der Waals surface area contributed by atoms with Crippen LogP contribution in [0.1, 0.15) is 24.1 Å². The van der Waals surface area contributed by atoms with Crippen LogP contribution in [0, 0.1) is 6.92 Å². The van der Waals surface area contributed by atoms with Crippen LogP contribution in [0.3, 0.4) is 0 Å². The molecule has 6 nitrogen and oxygen atoms in total. The fourth-order valence-corrected chi connectivity index (χ4v) is 3.37. The molecule has 1 N–H and O–H groups in total. The van der Waals surface area contributed by atoms with Crippen LogP contribution in [0.2, 0.25) is 0 Å². The van der Waals surface area contributed by atoms with Crippen molar-refractivity contribution in [1.29, 1.82) is 0 Å². The molecule has 1 fully saturated rings. The summed E-state index contributed by atoms with van der Waals surface area (Å²) >= 11 is 0. The van der Waals surface area contributed by atoms with Gasteiger partial charge >= 0.3 is 0 Å². The number of benzene rings is 1. The highest BCUT2D eigenvalue weighted by atomic mass is 16.5. The summed E-state index contributed by atoms with van der Waals surface area (Å²) in [5.41, 5.74) is 3.16. The lowest BCUT2D eigenvalue weighted by atomic mass is 10.1. The molecule has 3 aromatic rings. The number of aromatic nitrogens is 2. The Bertz CT molecular complexity index is 891. The van der Waals surface area contributed by atoms with Crippen molar-refractivity contribution in [3.8, 4) is 0 Å². The Morgan fingerprint density at radius 1 is 1.36 bits per heavy atom. The lowest BCUT2D eigenvalue weighted by Gasteiger charge is -2.23. The lowest BCUT2D eigenvalue weighted by molar-refractivity contribution is -0.120. The van der Waals surface area contributed by atoms with E-state index in [1.807, 2.05) is 31.2 Å². The first-order valence-corrected chi connectivity index (χ1v) is 8.51. The maximum Gasteiger partial charge on any atom is 0.258 e. The van der Waals surface area contributed by atoms with Gasteiger partial charge in [-0.2, -0.15) is 0 Å². The van der Waals surface area contributed by atoms with Crippen LogP contribution in [-0.4, -0.2) is 33.5 Å². The predicted octanol–water partition coefficient (Wildman–Crippen LogP) is 3.13. The van der Waals surface area contributed by atoms with Gasteiger partial charge < -0.3 is 9.84 Å². The molecule has 3 heterocycles. The van der Waals surface area contributed by atoms with Gasteiger partial charge in [0.2, 0.25) is 5.91 Å². The van der Waals surface area contributed by atoms with Gasteiger partial charge in [-0.05, 0) is 37.9 Å². The van der Waals surface area contributed by atoms with Crippen LogP contribution >= 0.6 is 0 Å². The van der Waals surface area contributed by atoms with Gasteiger partial charge in [0.05, 0.1) is 29.0 Å². The number of carbonyl (C=O) groups is 1. The Kier molecular flexibility index (Phi) is 4.19. The van der Waals surface area contributed by atoms with Crippen LogP contribution in [0.5, 0.6) is 0 Å². The van der Waals surface area contributed by atoms with Gasteiger partial charge in [-0.1, -0.05) is 35.5 Å². The smallest absolute Gasteiger partial charge is 0.258 e. The fourth-order valence-electron chi connectivity index (χ4n) is 3.37. The third-order valence-corrected chi connectivity index (χ3v) is 4.67. The number of nitrogens with one attached hydrogen (secondary N) is 1. The number of aryl methyl sites for hydroxylation is 1. The molecule has 6 heteroatoms. The molecule has 1 saturated heterocycles. The number of fused-ring (bicyclic) bond motifs is 1. The number of anilines is 1. The van der Waals surface area contributed by atoms with Crippen molar-refractivity contribution in [2.24, 2.45) is 0 Å². The van der Waals surface area contributed by atoms with E-state index < -0.39 is 0 Å². The Balaban J connectivity index is 1.48. The van der Waals surface area contributed by atoms with Crippen LogP contribution < -0.4 is 5.32 Å². The Morgan fingerprint density at radius 3 is 3.04 bits per heavy atom. The summed E-state index contributed by atoms with van der Waals surface area (Å²) in [7, 11) is 0. The number of pyridine rings is 1. The van der Waals surface area contributed by atoms with Crippen molar-refractivity contribution >= 4 is 22.7 Å². The summed E-state index contributed by atoms with van der Waals surface area (Å²) < 4.78 is 5.11. The molecular weight excluding hydrogens is 316 g/mol. The molecule has 1 unspecified atom stereocenters. The number of likely N-dealkylation sites (tertiary alicyclic amines) is 1. The fraction of sp³-hybridized carbons (Fsp3) is 0.316. The second kappa shape index (κ2) is 6.64. The Morgan fingerprint density at radius 2 is 2.20 bits per heavy atom. The molecule has 25 heavy (non-hydrogen) atoms. The zero-order chi connectivity index (χ0) is 17.2. The molecule has 1 aromatic carbocycles. The summed E-state index contributed by atoms with van der Waals surface area (Å²) in [6, 6.07) is 12.0. The quantitative estimate of drug-likeness (QED) is 0.792. The second-order valence-corrected chi connectivity index (χ2v) is 6.45. The van der Waals surface area contributed by atoms with E-state index >= 15 is 0 Å². The molecule has 0 spiro atoms. The van der Waals surface area contributed by atoms with E-state index in [-0.39, 0.29) is 11.9 Å². The van der Waals surface area contributed by atoms with E-state index in [2.05, 4.69) is 32.5 Å². The number of hydrogen-bond donors (Lipinski definition) is 1. The van der Waals surface area contributed by atoms with Crippen LogP contribution in [0.15, 0.2) is 47.1 Å². The van der Waals surface area contributed by atoms with Crippen LogP contribution in [0.25, 0.3) is 11.1 Å².